The predicted molar refractivity (Wildman–Crippen MR) is 236 cm³/mol. The molecule has 0 saturated carbocycles. The predicted octanol–water partition coefficient (Wildman–Crippen LogP) is 14.2. The smallest absolute Gasteiger partial charge is 0.146 e. The number of furan rings is 1. The van der Waals surface area contributed by atoms with Gasteiger partial charge < -0.3 is 13.6 Å². The number of para-hydroxylation sites is 4. The molecule has 0 atom stereocenters. The quantitative estimate of drug-likeness (QED) is 0.179. The molecule has 3 nitrogen and oxygen atoms in total. The van der Waals surface area contributed by atoms with Gasteiger partial charge in [-0.2, -0.15) is 0 Å². The van der Waals surface area contributed by atoms with Crippen LogP contribution in [0.5, 0.6) is 0 Å². The van der Waals surface area contributed by atoms with Crippen molar-refractivity contribution in [2.45, 2.75) is 6.42 Å². The molecule has 2 aliphatic rings. The Morgan fingerprint density at radius 1 is 0.482 bits per heavy atom. The number of hydrogen-bond acceptors (Lipinski definition) is 1. The molecule has 0 radical (unpaired) electrons. The SMILES string of the molecule is C=C1/C=C\C=C2/C/C(=C\C=C/1c1ccc(-n3c4ccccc4c4c5c6ccccc6oc5c5c6ccccc6n(-c6ccccc6)c5c43)cc1)c1ccccc12. The van der Waals surface area contributed by atoms with Crippen LogP contribution in [0.4, 0.5) is 0 Å². The Bertz CT molecular complexity index is 3430. The molecule has 0 unspecified atom stereocenters. The number of benzene rings is 7. The van der Waals surface area contributed by atoms with Gasteiger partial charge in [0.05, 0.1) is 27.5 Å². The van der Waals surface area contributed by atoms with Crippen molar-refractivity contribution in [3.63, 3.8) is 0 Å². The topological polar surface area (TPSA) is 23.0 Å². The van der Waals surface area contributed by atoms with Crippen LogP contribution in [-0.4, -0.2) is 9.13 Å². The van der Waals surface area contributed by atoms with E-state index in [1.54, 1.807) is 0 Å². The molecule has 7 aromatic carbocycles. The molecule has 2 bridgehead atoms. The number of aromatic nitrogens is 2. The van der Waals surface area contributed by atoms with E-state index in [4.69, 9.17) is 4.42 Å². The number of fused-ring (bicyclic) bond motifs is 17. The van der Waals surface area contributed by atoms with Crippen LogP contribution in [0.15, 0.2) is 199 Å². The van der Waals surface area contributed by atoms with Crippen LogP contribution in [0.3, 0.4) is 0 Å². The standard InChI is InChI=1S/C53H34N2O/c1-33-14-13-15-35-32-36(41-19-6-5-18-40(35)41)28-31-39(33)34-26-29-38(30-27-34)55-45-23-10-7-20-42(45)48-49-44-22-9-12-25-47(44)56-53(49)50-43-21-8-11-24-46(43)54(52(50)51(48)55)37-16-3-2-4-17-37/h2-31H,1,32H2/b14-13-,35-15+,36-28+,39-31+. The van der Waals surface area contributed by atoms with E-state index in [1.165, 1.54) is 38.4 Å². The molecule has 0 amide bonds. The molecule has 0 N–H and O–H groups in total. The van der Waals surface area contributed by atoms with E-state index in [-0.39, 0.29) is 0 Å². The molecule has 0 saturated heterocycles. The second-order valence-corrected chi connectivity index (χ2v) is 14.9. The van der Waals surface area contributed by atoms with Crippen LogP contribution in [0, 0.1) is 0 Å². The molecule has 0 fully saturated rings. The molecule has 3 heterocycles. The van der Waals surface area contributed by atoms with E-state index < -0.39 is 0 Å². The fourth-order valence-corrected chi connectivity index (χ4v) is 9.46. The van der Waals surface area contributed by atoms with Gasteiger partial charge >= 0.3 is 0 Å². The van der Waals surface area contributed by atoms with Crippen molar-refractivity contribution in [1.29, 1.82) is 0 Å². The van der Waals surface area contributed by atoms with Crippen molar-refractivity contribution in [2.24, 2.45) is 0 Å². The minimum absolute atomic E-state index is 0.894. The normalized spacial score (nSPS) is 17.6. The Labute approximate surface area is 323 Å². The summed E-state index contributed by atoms with van der Waals surface area (Å²) in [7, 11) is 0. The Hall–Kier alpha value is -7.36. The zero-order chi connectivity index (χ0) is 36.9. The van der Waals surface area contributed by atoms with Gasteiger partial charge in [0.1, 0.15) is 11.2 Å². The second kappa shape index (κ2) is 11.8. The van der Waals surface area contributed by atoms with Gasteiger partial charge in [-0.05, 0) is 87.9 Å². The van der Waals surface area contributed by atoms with E-state index in [9.17, 15) is 0 Å². The maximum Gasteiger partial charge on any atom is 0.146 e. The van der Waals surface area contributed by atoms with E-state index in [2.05, 4.69) is 198 Å². The van der Waals surface area contributed by atoms with Gasteiger partial charge in [0.25, 0.3) is 0 Å². The third kappa shape index (κ3) is 4.34. The zero-order valence-electron chi connectivity index (χ0n) is 30.5. The monoisotopic (exact) mass is 714 g/mol. The fourth-order valence-electron chi connectivity index (χ4n) is 9.46. The van der Waals surface area contributed by atoms with Crippen LogP contribution >= 0.6 is 0 Å². The van der Waals surface area contributed by atoms with Crippen molar-refractivity contribution in [3.05, 3.63) is 211 Å². The molecular formula is C53H34N2O. The summed E-state index contributed by atoms with van der Waals surface area (Å²) in [4.78, 5) is 0. The lowest BCUT2D eigenvalue weighted by Crippen LogP contribution is -1.99. The average molecular weight is 715 g/mol. The fraction of sp³-hybridized carbons (Fsp3) is 0.0189. The summed E-state index contributed by atoms with van der Waals surface area (Å²) in [6.45, 7) is 4.53. The largest absolute Gasteiger partial charge is 0.455 e. The highest BCUT2D eigenvalue weighted by molar-refractivity contribution is 6.39. The van der Waals surface area contributed by atoms with E-state index >= 15 is 0 Å². The summed E-state index contributed by atoms with van der Waals surface area (Å²) in [5.41, 5.74) is 17.2. The Kier molecular flexibility index (Phi) is 6.55. The first kappa shape index (κ1) is 31.0. The molecule has 3 heteroatoms. The van der Waals surface area contributed by atoms with Crippen LogP contribution in [-0.2, 0) is 0 Å². The first-order chi connectivity index (χ1) is 27.7. The molecule has 12 rings (SSSR count). The summed E-state index contributed by atoms with van der Waals surface area (Å²) in [6.07, 6.45) is 12.0. The van der Waals surface area contributed by atoms with Gasteiger partial charge in [-0.3, -0.25) is 0 Å². The van der Waals surface area contributed by atoms with Gasteiger partial charge in [0, 0.05) is 38.3 Å². The zero-order valence-corrected chi connectivity index (χ0v) is 30.5. The summed E-state index contributed by atoms with van der Waals surface area (Å²) in [5, 5.41) is 6.96. The van der Waals surface area contributed by atoms with E-state index in [0.717, 1.165) is 83.9 Å². The van der Waals surface area contributed by atoms with E-state index in [1.807, 2.05) is 0 Å². The molecule has 262 valence electrons. The van der Waals surface area contributed by atoms with Crippen molar-refractivity contribution in [1.82, 2.24) is 9.13 Å². The summed E-state index contributed by atoms with van der Waals surface area (Å²) < 4.78 is 11.8. The first-order valence-corrected chi connectivity index (χ1v) is 19.3. The van der Waals surface area contributed by atoms with Crippen molar-refractivity contribution in [3.8, 4) is 11.4 Å². The van der Waals surface area contributed by atoms with Crippen LogP contribution in [0.25, 0.3) is 93.6 Å². The van der Waals surface area contributed by atoms with Crippen LogP contribution < -0.4 is 0 Å². The summed E-state index contributed by atoms with van der Waals surface area (Å²) >= 11 is 0. The van der Waals surface area contributed by atoms with Crippen LogP contribution in [0.1, 0.15) is 23.1 Å². The van der Waals surface area contributed by atoms with Gasteiger partial charge in [-0.25, -0.2) is 0 Å². The summed E-state index contributed by atoms with van der Waals surface area (Å²) in [5.74, 6) is 0. The van der Waals surface area contributed by atoms with Crippen molar-refractivity contribution >= 4 is 82.3 Å². The van der Waals surface area contributed by atoms with E-state index in [0.29, 0.717) is 0 Å². The molecule has 56 heavy (non-hydrogen) atoms. The lowest BCUT2D eigenvalue weighted by Gasteiger charge is -2.14. The lowest BCUT2D eigenvalue weighted by molar-refractivity contribution is 0.673. The van der Waals surface area contributed by atoms with Gasteiger partial charge in [0.15, 0.2) is 0 Å². The van der Waals surface area contributed by atoms with Crippen LogP contribution in [0.2, 0.25) is 0 Å². The molecule has 0 aliphatic heterocycles. The highest BCUT2D eigenvalue weighted by atomic mass is 16.3. The van der Waals surface area contributed by atoms with Gasteiger partial charge in [0.2, 0.25) is 0 Å². The third-order valence-corrected chi connectivity index (χ3v) is 11.9. The van der Waals surface area contributed by atoms with Gasteiger partial charge in [-0.1, -0.05) is 146 Å². The van der Waals surface area contributed by atoms with Gasteiger partial charge in [-0.15, -0.1) is 0 Å². The molecular weight excluding hydrogens is 681 g/mol. The van der Waals surface area contributed by atoms with Crippen molar-refractivity contribution < 1.29 is 4.42 Å². The van der Waals surface area contributed by atoms with Crippen molar-refractivity contribution in [2.75, 3.05) is 0 Å². The number of rotatable bonds is 3. The first-order valence-electron chi connectivity index (χ1n) is 19.3. The molecule has 0 spiro atoms. The third-order valence-electron chi connectivity index (χ3n) is 11.9. The number of hydrogen-bond donors (Lipinski definition) is 0. The minimum Gasteiger partial charge on any atom is -0.455 e. The number of allylic oxidation sites excluding steroid dienone is 9. The minimum atomic E-state index is 0.894. The highest BCUT2D eigenvalue weighted by Gasteiger charge is 2.28. The maximum atomic E-state index is 6.91. The Morgan fingerprint density at radius 3 is 1.79 bits per heavy atom. The second-order valence-electron chi connectivity index (χ2n) is 14.9. The maximum absolute atomic E-state index is 6.91. The lowest BCUT2D eigenvalue weighted by atomic mass is 9.96. The summed E-state index contributed by atoms with van der Waals surface area (Å²) in [6, 6.07) is 54.5. The highest BCUT2D eigenvalue weighted by Crippen LogP contribution is 2.49. The Morgan fingerprint density at radius 2 is 1.05 bits per heavy atom. The Balaban J connectivity index is 1.16. The molecule has 3 aromatic heterocycles. The number of nitrogens with zero attached hydrogens (tertiary/aromatic N) is 2. The average Bonchev–Trinajstić information content (AvgIpc) is 3.99. The molecule has 10 aromatic rings. The molecule has 2 aliphatic carbocycles.